The van der Waals surface area contributed by atoms with Crippen LogP contribution in [0.5, 0.6) is 5.88 Å². The van der Waals surface area contributed by atoms with Crippen LogP contribution in [0.15, 0.2) is 6.07 Å². The van der Waals surface area contributed by atoms with E-state index in [-0.39, 0.29) is 0 Å². The molecule has 0 fully saturated rings. The van der Waals surface area contributed by atoms with Crippen molar-refractivity contribution in [2.75, 3.05) is 25.1 Å². The minimum absolute atomic E-state index is 0.415. The Kier molecular flexibility index (Phi) is 7.95. The molecule has 0 unspecified atom stereocenters. The van der Waals surface area contributed by atoms with Crippen molar-refractivity contribution >= 4 is 5.82 Å². The Balaban J connectivity index is 2.60. The molecule has 0 aliphatic carbocycles. The van der Waals surface area contributed by atoms with Gasteiger partial charge in [0.2, 0.25) is 5.88 Å². The molecule has 20 heavy (non-hydrogen) atoms. The van der Waals surface area contributed by atoms with Gasteiger partial charge in [0.25, 0.3) is 0 Å². The van der Waals surface area contributed by atoms with Gasteiger partial charge in [0.05, 0.1) is 6.61 Å². The van der Waals surface area contributed by atoms with Crippen molar-refractivity contribution in [1.82, 2.24) is 9.97 Å². The van der Waals surface area contributed by atoms with Crippen molar-refractivity contribution in [1.29, 1.82) is 0 Å². The molecule has 0 radical (unpaired) electrons. The van der Waals surface area contributed by atoms with Crippen molar-refractivity contribution in [2.24, 2.45) is 5.92 Å². The summed E-state index contributed by atoms with van der Waals surface area (Å²) in [6, 6.07) is 1.84. The predicted octanol–water partition coefficient (Wildman–Crippen LogP) is 3.26. The van der Waals surface area contributed by atoms with E-state index in [4.69, 9.17) is 9.47 Å². The summed E-state index contributed by atoms with van der Waals surface area (Å²) in [7, 11) is 0. The monoisotopic (exact) mass is 281 g/mol. The predicted molar refractivity (Wildman–Crippen MR) is 81.1 cm³/mol. The Morgan fingerprint density at radius 2 is 2.05 bits per heavy atom. The van der Waals surface area contributed by atoms with Crippen LogP contribution in [0.2, 0.25) is 0 Å². The van der Waals surface area contributed by atoms with Crippen molar-refractivity contribution in [3.05, 3.63) is 11.9 Å². The smallest absolute Gasteiger partial charge is 0.218 e. The van der Waals surface area contributed by atoms with Gasteiger partial charge >= 0.3 is 0 Å². The van der Waals surface area contributed by atoms with E-state index in [1.807, 2.05) is 19.9 Å². The van der Waals surface area contributed by atoms with Gasteiger partial charge in [0.15, 0.2) is 5.82 Å². The maximum absolute atomic E-state index is 5.72. The summed E-state index contributed by atoms with van der Waals surface area (Å²) in [5.74, 6) is 2.77. The maximum Gasteiger partial charge on any atom is 0.218 e. The molecule has 5 nitrogen and oxygen atoms in total. The molecule has 0 aliphatic rings. The maximum atomic E-state index is 5.72. The third kappa shape index (κ3) is 6.70. The Morgan fingerprint density at radius 3 is 2.70 bits per heavy atom. The minimum atomic E-state index is 0.415. The normalized spacial score (nSPS) is 10.8. The molecule has 1 N–H and O–H groups in total. The number of anilines is 1. The standard InChI is InChI=1S/C15H27N3O2/c1-5-16-13-10-15(20-9-7-8-12(3)4)18-14(17-13)11-19-6-2/h10,12H,5-9,11H2,1-4H3,(H,16,17,18). The number of ether oxygens (including phenoxy) is 2. The molecule has 0 atom stereocenters. The summed E-state index contributed by atoms with van der Waals surface area (Å²) < 4.78 is 11.1. The lowest BCUT2D eigenvalue weighted by molar-refractivity contribution is 0.127. The lowest BCUT2D eigenvalue weighted by Crippen LogP contribution is -2.08. The average Bonchev–Trinajstić information content (AvgIpc) is 2.41. The molecule has 5 heteroatoms. The summed E-state index contributed by atoms with van der Waals surface area (Å²) in [5.41, 5.74) is 0. The van der Waals surface area contributed by atoms with Crippen molar-refractivity contribution < 1.29 is 9.47 Å². The van der Waals surface area contributed by atoms with E-state index >= 15 is 0 Å². The quantitative estimate of drug-likeness (QED) is 0.667. The Hall–Kier alpha value is -1.36. The zero-order valence-corrected chi connectivity index (χ0v) is 13.1. The highest BCUT2D eigenvalue weighted by Gasteiger charge is 2.06. The molecule has 0 aliphatic heterocycles. The van der Waals surface area contributed by atoms with Crippen LogP contribution in [-0.2, 0) is 11.3 Å². The van der Waals surface area contributed by atoms with Gasteiger partial charge in [-0.1, -0.05) is 13.8 Å². The molecule has 1 heterocycles. The lowest BCUT2D eigenvalue weighted by atomic mass is 10.1. The molecule has 1 aromatic rings. The Labute approximate surface area is 122 Å². The van der Waals surface area contributed by atoms with Gasteiger partial charge in [-0.3, -0.25) is 0 Å². The molecule has 0 amide bonds. The first-order chi connectivity index (χ1) is 9.65. The summed E-state index contributed by atoms with van der Waals surface area (Å²) in [5, 5.41) is 3.19. The Morgan fingerprint density at radius 1 is 1.25 bits per heavy atom. The molecule has 0 aromatic carbocycles. The van der Waals surface area contributed by atoms with Gasteiger partial charge in [-0.15, -0.1) is 0 Å². The molecular weight excluding hydrogens is 254 g/mol. The third-order valence-electron chi connectivity index (χ3n) is 2.72. The van der Waals surface area contributed by atoms with Crippen LogP contribution in [0.3, 0.4) is 0 Å². The number of nitrogens with zero attached hydrogens (tertiary/aromatic N) is 2. The average molecular weight is 281 g/mol. The molecule has 1 rings (SSSR count). The van der Waals surface area contributed by atoms with Crippen LogP contribution >= 0.6 is 0 Å². The van der Waals surface area contributed by atoms with E-state index in [9.17, 15) is 0 Å². The van der Waals surface area contributed by atoms with E-state index in [1.165, 1.54) is 0 Å². The van der Waals surface area contributed by atoms with Gasteiger partial charge in [-0.2, -0.15) is 4.98 Å². The largest absolute Gasteiger partial charge is 0.478 e. The topological polar surface area (TPSA) is 56.3 Å². The second-order valence-corrected chi connectivity index (χ2v) is 5.06. The van der Waals surface area contributed by atoms with E-state index in [2.05, 4.69) is 29.1 Å². The van der Waals surface area contributed by atoms with Crippen molar-refractivity contribution in [3.8, 4) is 5.88 Å². The molecular formula is C15H27N3O2. The highest BCUT2D eigenvalue weighted by Crippen LogP contribution is 2.15. The molecule has 1 aromatic heterocycles. The van der Waals surface area contributed by atoms with Crippen LogP contribution in [0.25, 0.3) is 0 Å². The molecule has 0 saturated heterocycles. The van der Waals surface area contributed by atoms with E-state index in [0.717, 1.165) is 25.2 Å². The van der Waals surface area contributed by atoms with Gasteiger partial charge in [-0.05, 0) is 32.6 Å². The van der Waals surface area contributed by atoms with E-state index < -0.39 is 0 Å². The van der Waals surface area contributed by atoms with Crippen LogP contribution in [0, 0.1) is 5.92 Å². The van der Waals surface area contributed by atoms with E-state index in [0.29, 0.717) is 37.4 Å². The Bertz CT molecular complexity index is 383. The zero-order valence-electron chi connectivity index (χ0n) is 13.1. The molecule has 0 spiro atoms. The molecule has 0 bridgehead atoms. The van der Waals surface area contributed by atoms with Crippen LogP contribution in [0.1, 0.15) is 46.4 Å². The number of aromatic nitrogens is 2. The van der Waals surface area contributed by atoms with E-state index in [1.54, 1.807) is 0 Å². The van der Waals surface area contributed by atoms with Crippen molar-refractivity contribution in [2.45, 2.75) is 47.1 Å². The SMILES string of the molecule is CCNc1cc(OCCCC(C)C)nc(COCC)n1. The lowest BCUT2D eigenvalue weighted by Gasteiger charge is -2.10. The van der Waals surface area contributed by atoms with Crippen LogP contribution in [0.4, 0.5) is 5.82 Å². The fraction of sp³-hybridized carbons (Fsp3) is 0.733. The van der Waals surface area contributed by atoms with Crippen molar-refractivity contribution in [3.63, 3.8) is 0 Å². The fourth-order valence-electron chi connectivity index (χ4n) is 1.74. The zero-order chi connectivity index (χ0) is 14.8. The van der Waals surface area contributed by atoms with Gasteiger partial charge in [0.1, 0.15) is 12.4 Å². The van der Waals surface area contributed by atoms with Crippen LogP contribution < -0.4 is 10.1 Å². The number of nitrogens with one attached hydrogen (secondary N) is 1. The molecule has 0 saturated carbocycles. The first kappa shape index (κ1) is 16.7. The highest BCUT2D eigenvalue weighted by molar-refractivity contribution is 5.38. The third-order valence-corrected chi connectivity index (χ3v) is 2.72. The summed E-state index contributed by atoms with van der Waals surface area (Å²) in [6.07, 6.45) is 2.20. The fourth-order valence-corrected chi connectivity index (χ4v) is 1.74. The van der Waals surface area contributed by atoms with Crippen LogP contribution in [-0.4, -0.2) is 29.7 Å². The first-order valence-corrected chi connectivity index (χ1v) is 7.48. The highest BCUT2D eigenvalue weighted by atomic mass is 16.5. The second kappa shape index (κ2) is 9.53. The number of hydrogen-bond donors (Lipinski definition) is 1. The van der Waals surface area contributed by atoms with Gasteiger partial charge < -0.3 is 14.8 Å². The van der Waals surface area contributed by atoms with Gasteiger partial charge in [-0.25, -0.2) is 4.98 Å². The number of rotatable bonds is 10. The summed E-state index contributed by atoms with van der Waals surface area (Å²) >= 11 is 0. The second-order valence-electron chi connectivity index (χ2n) is 5.06. The summed E-state index contributed by atoms with van der Waals surface area (Å²) in [4.78, 5) is 8.76. The van der Waals surface area contributed by atoms with Gasteiger partial charge in [0, 0.05) is 19.2 Å². The molecule has 114 valence electrons. The summed E-state index contributed by atoms with van der Waals surface area (Å²) in [6.45, 7) is 11.0. The first-order valence-electron chi connectivity index (χ1n) is 7.48. The minimum Gasteiger partial charge on any atom is -0.478 e. The number of hydrogen-bond acceptors (Lipinski definition) is 5.